The van der Waals surface area contributed by atoms with Crippen LogP contribution < -0.4 is 53.6 Å². The summed E-state index contributed by atoms with van der Waals surface area (Å²) in [5.41, 5.74) is 5.83. The highest BCUT2D eigenvalue weighted by Crippen LogP contribution is 2.13. The van der Waals surface area contributed by atoms with E-state index in [9.17, 15) is 93.0 Å². The zero-order chi connectivity index (χ0) is 57.4. The van der Waals surface area contributed by atoms with Gasteiger partial charge in [-0.05, 0) is 30.5 Å². The first-order valence-corrected chi connectivity index (χ1v) is 23.0. The average molecular weight is 1080 g/mol. The van der Waals surface area contributed by atoms with Gasteiger partial charge in [0.05, 0.1) is 51.4 Å². The van der Waals surface area contributed by atoms with Crippen LogP contribution in [0.5, 0.6) is 5.75 Å². The van der Waals surface area contributed by atoms with Gasteiger partial charge in [-0.1, -0.05) is 32.4 Å². The Morgan fingerprint density at radius 2 is 1.04 bits per heavy atom. The lowest BCUT2D eigenvalue weighted by Crippen LogP contribution is -2.62. The highest BCUT2D eigenvalue weighted by atomic mass is 16.4. The lowest BCUT2D eigenvalue weighted by molar-refractivity contribution is -0.147. The average Bonchev–Trinajstić information content (AvgIpc) is 3.87. The maximum Gasteiger partial charge on any atom is 0.326 e. The van der Waals surface area contributed by atoms with E-state index >= 15 is 0 Å². The molecule has 32 heteroatoms. The number of rotatable bonds is 33. The summed E-state index contributed by atoms with van der Waals surface area (Å²) in [7, 11) is 0. The number of H-pyrrole nitrogens is 1. The van der Waals surface area contributed by atoms with Crippen LogP contribution in [0.15, 0.2) is 36.8 Å². The van der Waals surface area contributed by atoms with E-state index in [-0.39, 0.29) is 30.7 Å². The number of aromatic nitrogens is 2. The molecule has 0 aliphatic rings. The molecule has 0 radical (unpaired) electrons. The molecule has 19 N–H and O–H groups in total. The quantitative estimate of drug-likeness (QED) is 0.0316. The number of aliphatic hydroxyl groups excluding tert-OH is 2. The summed E-state index contributed by atoms with van der Waals surface area (Å²) in [6.07, 6.45) is -2.90. The SMILES string of the molecule is CC[C@H](C)[C@H](NC(=O)[C@H](CC(=O)O)NC(=O)[C@H](CC(=O)O)NC(=O)CN)C(=O)N[C@H](C(=O)N[C@@H](CO)C(=O)NCC(=O)N[C@@H](Cc1ccc(O)cc1)C(=O)N[C@@H](Cc1cnc[nH]1)C(=O)N[C@@H](CC(=O)O)C(=O)O)[C@@H](C)O. The van der Waals surface area contributed by atoms with Crippen molar-refractivity contribution in [3.05, 3.63) is 48.0 Å². The monoisotopic (exact) mass is 1080 g/mol. The number of amides is 9. The van der Waals surface area contributed by atoms with Gasteiger partial charge in [0.15, 0.2) is 0 Å². The number of aliphatic carboxylic acids is 4. The lowest BCUT2D eigenvalue weighted by Gasteiger charge is -2.29. The number of hydrogen-bond acceptors (Lipinski definition) is 18. The molecule has 0 saturated carbocycles. The number of aliphatic hydroxyl groups is 2. The number of phenols is 1. The fourth-order valence-electron chi connectivity index (χ4n) is 6.71. The normalized spacial score (nSPS) is 14.8. The molecule has 2 rings (SSSR count). The Kier molecular flexibility index (Phi) is 25.9. The highest BCUT2D eigenvalue weighted by molar-refractivity contribution is 5.99. The molecule has 10 atom stereocenters. The largest absolute Gasteiger partial charge is 0.508 e. The molecular formula is C44H62N12O20. The number of carbonyl (C=O) groups excluding carboxylic acids is 9. The second kappa shape index (κ2) is 31.1. The molecule has 0 bridgehead atoms. The number of carboxylic acid groups (broad SMARTS) is 4. The third-order valence-corrected chi connectivity index (χ3v) is 11.0. The number of nitrogens with two attached hydrogens (primary N) is 1. The number of aromatic amines is 1. The summed E-state index contributed by atoms with van der Waals surface area (Å²) in [5, 5.41) is 87.4. The van der Waals surface area contributed by atoms with Crippen LogP contribution in [0.4, 0.5) is 0 Å². The van der Waals surface area contributed by atoms with E-state index in [0.29, 0.717) is 5.56 Å². The zero-order valence-electron chi connectivity index (χ0n) is 41.1. The molecule has 9 amide bonds. The van der Waals surface area contributed by atoms with Crippen molar-refractivity contribution in [1.29, 1.82) is 0 Å². The number of hydrogen-bond donors (Lipinski definition) is 18. The van der Waals surface area contributed by atoms with Gasteiger partial charge in [-0.3, -0.25) is 57.5 Å². The molecule has 1 heterocycles. The minimum atomic E-state index is -1.98. The molecular weight excluding hydrogens is 1020 g/mol. The van der Waals surface area contributed by atoms with E-state index in [1.165, 1.54) is 43.7 Å². The summed E-state index contributed by atoms with van der Waals surface area (Å²) in [6.45, 7) is 1.31. The molecule has 0 unspecified atom stereocenters. The third kappa shape index (κ3) is 21.7. The minimum absolute atomic E-state index is 0.142. The summed E-state index contributed by atoms with van der Waals surface area (Å²) in [5.74, 6) is -17.9. The summed E-state index contributed by atoms with van der Waals surface area (Å²) < 4.78 is 0. The summed E-state index contributed by atoms with van der Waals surface area (Å²) in [6, 6.07) is -9.06. The fraction of sp³-hybridized carbons (Fsp3) is 0.500. The van der Waals surface area contributed by atoms with Gasteiger partial charge < -0.3 is 94.3 Å². The number of carbonyl (C=O) groups is 13. The Labute approximate surface area is 431 Å². The van der Waals surface area contributed by atoms with Gasteiger partial charge in [-0.15, -0.1) is 0 Å². The molecule has 0 aliphatic carbocycles. The first kappa shape index (κ1) is 63.3. The highest BCUT2D eigenvalue weighted by Gasteiger charge is 2.37. The number of carboxylic acids is 4. The standard InChI is InChI=1S/C44H62N12O20/c1-4-19(2)35(55-41(72)27(12-33(64)65)52-40(71)26(11-32(62)63)49-30(60)14-45)42(73)56-36(20(3)58)43(74)54-29(17-57)37(68)47-16-31(61)50-24(9-21-5-7-23(59)8-6-21)38(69)51-25(10-22-15-46-18-48-22)39(70)53-28(44(75)76)13-34(66)67/h5-8,15,18-20,24-29,35-36,57-59H,4,9-14,16-17,45H2,1-3H3,(H,46,48)(H,47,68)(H,49,60)(H,50,61)(H,51,69)(H,52,71)(H,53,70)(H,54,74)(H,55,72)(H,56,73)(H,62,63)(H,64,65)(H,66,67)(H,75,76)/t19-,20+,24-,25-,26-,27-,28-,29-,35-,36-/m0/s1. The molecule has 0 saturated heterocycles. The van der Waals surface area contributed by atoms with Gasteiger partial charge in [0, 0.05) is 24.7 Å². The van der Waals surface area contributed by atoms with E-state index < -0.39 is 176 Å². The number of benzene rings is 1. The Hall–Kier alpha value is -8.78. The van der Waals surface area contributed by atoms with Crippen LogP contribution in [0, 0.1) is 5.92 Å². The van der Waals surface area contributed by atoms with Crippen molar-refractivity contribution in [2.24, 2.45) is 11.7 Å². The van der Waals surface area contributed by atoms with Gasteiger partial charge in [0.1, 0.15) is 54.1 Å². The van der Waals surface area contributed by atoms with Crippen LogP contribution in [0.2, 0.25) is 0 Å². The molecule has 418 valence electrons. The minimum Gasteiger partial charge on any atom is -0.508 e. The molecule has 32 nitrogen and oxygen atoms in total. The van der Waals surface area contributed by atoms with E-state index in [1.807, 2.05) is 16.0 Å². The fourth-order valence-corrected chi connectivity index (χ4v) is 6.71. The number of phenolic OH excluding ortho intramolecular Hbond substituents is 1. The Morgan fingerprint density at radius 3 is 1.54 bits per heavy atom. The van der Waals surface area contributed by atoms with E-state index in [1.54, 1.807) is 6.92 Å². The summed E-state index contributed by atoms with van der Waals surface area (Å²) >= 11 is 0. The number of nitrogens with zero attached hydrogens (tertiary/aromatic N) is 1. The van der Waals surface area contributed by atoms with Crippen LogP contribution in [0.25, 0.3) is 0 Å². The van der Waals surface area contributed by atoms with Crippen molar-refractivity contribution in [1.82, 2.24) is 57.8 Å². The number of imidazole rings is 1. The molecule has 2 aromatic rings. The Bertz CT molecular complexity index is 2400. The maximum atomic E-state index is 13.8. The molecule has 1 aromatic carbocycles. The van der Waals surface area contributed by atoms with E-state index in [4.69, 9.17) is 10.8 Å². The van der Waals surface area contributed by atoms with Crippen molar-refractivity contribution < 1.29 is 98.1 Å². The topological polar surface area (TPSA) is 526 Å². The van der Waals surface area contributed by atoms with Crippen molar-refractivity contribution in [2.75, 3.05) is 19.7 Å². The van der Waals surface area contributed by atoms with Crippen molar-refractivity contribution in [3.63, 3.8) is 0 Å². The molecule has 1 aromatic heterocycles. The van der Waals surface area contributed by atoms with Gasteiger partial charge in [0.2, 0.25) is 53.2 Å². The third-order valence-electron chi connectivity index (χ3n) is 11.0. The predicted octanol–water partition coefficient (Wildman–Crippen LogP) is -7.22. The molecule has 0 fully saturated rings. The first-order valence-electron chi connectivity index (χ1n) is 23.0. The number of aromatic hydroxyl groups is 1. The van der Waals surface area contributed by atoms with Crippen molar-refractivity contribution in [3.8, 4) is 5.75 Å². The smallest absolute Gasteiger partial charge is 0.326 e. The molecule has 0 aliphatic heterocycles. The van der Waals surface area contributed by atoms with Gasteiger partial charge in [-0.2, -0.15) is 0 Å². The van der Waals surface area contributed by atoms with Crippen molar-refractivity contribution >= 4 is 77.0 Å². The van der Waals surface area contributed by atoms with Gasteiger partial charge in [0.25, 0.3) is 0 Å². The molecule has 76 heavy (non-hydrogen) atoms. The lowest BCUT2D eigenvalue weighted by atomic mass is 9.96. The predicted molar refractivity (Wildman–Crippen MR) is 254 cm³/mol. The van der Waals surface area contributed by atoms with Crippen LogP contribution in [-0.2, 0) is 75.2 Å². The molecule has 0 spiro atoms. The second-order valence-electron chi connectivity index (χ2n) is 17.0. The van der Waals surface area contributed by atoms with Crippen LogP contribution in [0.1, 0.15) is 57.7 Å². The van der Waals surface area contributed by atoms with E-state index in [2.05, 4.69) is 41.9 Å². The van der Waals surface area contributed by atoms with E-state index in [0.717, 1.165) is 6.92 Å². The Balaban J connectivity index is 2.27. The zero-order valence-corrected chi connectivity index (χ0v) is 41.1. The van der Waals surface area contributed by atoms with Crippen LogP contribution >= 0.6 is 0 Å². The Morgan fingerprint density at radius 1 is 0.579 bits per heavy atom. The summed E-state index contributed by atoms with van der Waals surface area (Å²) in [4.78, 5) is 172. The van der Waals surface area contributed by atoms with Crippen LogP contribution in [-0.4, -0.2) is 197 Å². The number of nitrogens with one attached hydrogen (secondary N) is 10. The second-order valence-corrected chi connectivity index (χ2v) is 17.0. The van der Waals surface area contributed by atoms with Gasteiger partial charge in [-0.25, -0.2) is 9.78 Å². The van der Waals surface area contributed by atoms with Crippen LogP contribution in [0.3, 0.4) is 0 Å². The first-order chi connectivity index (χ1) is 35.7. The van der Waals surface area contributed by atoms with Crippen molar-refractivity contribution in [2.45, 2.75) is 114 Å². The van der Waals surface area contributed by atoms with Gasteiger partial charge >= 0.3 is 23.9 Å². The maximum absolute atomic E-state index is 13.8.